The van der Waals surface area contributed by atoms with Gasteiger partial charge in [-0.1, -0.05) is 0 Å². The minimum absolute atomic E-state index is 0.0535. The first kappa shape index (κ1) is 17.1. The maximum Gasteiger partial charge on any atom is 0.287 e. The number of nitrogens with one attached hydrogen (secondary N) is 2. The Morgan fingerprint density at radius 3 is 2.82 bits per heavy atom. The van der Waals surface area contributed by atoms with Crippen LogP contribution in [-0.4, -0.2) is 30.7 Å². The smallest absolute Gasteiger partial charge is 0.287 e. The second kappa shape index (κ2) is 9.02. The molecule has 2 aromatic rings. The summed E-state index contributed by atoms with van der Waals surface area (Å²) in [6.07, 6.45) is 1.42. The molecule has 0 saturated heterocycles. The van der Waals surface area contributed by atoms with Crippen LogP contribution in [0, 0.1) is 0 Å². The molecular weight excluding hydrogens is 388 g/mol. The molecule has 118 valence electrons. The van der Waals surface area contributed by atoms with Crippen LogP contribution in [-0.2, 0) is 10.5 Å². The second-order valence-electron chi connectivity index (χ2n) is 4.27. The summed E-state index contributed by atoms with van der Waals surface area (Å²) >= 11 is 6.90. The number of hydrogen-bond donors (Lipinski definition) is 2. The van der Waals surface area contributed by atoms with E-state index >= 15 is 0 Å². The molecule has 0 aliphatic rings. The highest BCUT2D eigenvalue weighted by molar-refractivity contribution is 9.11. The van der Waals surface area contributed by atoms with E-state index in [4.69, 9.17) is 4.42 Å². The highest BCUT2D eigenvalue weighted by Crippen LogP contribution is 2.25. The van der Waals surface area contributed by atoms with E-state index in [2.05, 4.69) is 32.6 Å². The molecule has 2 amide bonds. The molecule has 0 fully saturated rings. The summed E-state index contributed by atoms with van der Waals surface area (Å²) in [6.45, 7) is 0.523. The molecule has 0 aliphatic heterocycles. The van der Waals surface area contributed by atoms with E-state index < -0.39 is 5.91 Å². The summed E-state index contributed by atoms with van der Waals surface area (Å²) in [5.74, 6) is 1.36. The Kier molecular flexibility index (Phi) is 7.01. The lowest BCUT2D eigenvalue weighted by atomic mass is 10.4. The van der Waals surface area contributed by atoms with E-state index in [1.807, 2.05) is 6.07 Å². The van der Waals surface area contributed by atoms with E-state index in [9.17, 15) is 9.59 Å². The Bertz CT molecular complexity index is 613. The van der Waals surface area contributed by atoms with Gasteiger partial charge in [0.05, 0.1) is 16.6 Å². The van der Waals surface area contributed by atoms with Gasteiger partial charge < -0.3 is 15.1 Å². The molecule has 0 unspecified atom stereocenters. The fourth-order valence-electron chi connectivity index (χ4n) is 1.58. The van der Waals surface area contributed by atoms with Crippen molar-refractivity contribution in [2.45, 2.75) is 5.75 Å². The molecule has 0 saturated carbocycles. The van der Waals surface area contributed by atoms with Gasteiger partial charge >= 0.3 is 0 Å². The molecule has 5 nitrogen and oxygen atoms in total. The number of halogens is 1. The van der Waals surface area contributed by atoms with Crippen molar-refractivity contribution in [3.05, 3.63) is 45.0 Å². The maximum atomic E-state index is 11.6. The lowest BCUT2D eigenvalue weighted by molar-refractivity contribution is -0.120. The van der Waals surface area contributed by atoms with Crippen LogP contribution < -0.4 is 10.6 Å². The van der Waals surface area contributed by atoms with E-state index in [0.29, 0.717) is 6.54 Å². The van der Waals surface area contributed by atoms with Gasteiger partial charge in [0.25, 0.3) is 5.91 Å². The molecule has 0 spiro atoms. The van der Waals surface area contributed by atoms with Crippen molar-refractivity contribution < 1.29 is 14.0 Å². The van der Waals surface area contributed by atoms with Crippen LogP contribution in [0.1, 0.15) is 15.4 Å². The van der Waals surface area contributed by atoms with Gasteiger partial charge in [-0.05, 0) is 40.2 Å². The van der Waals surface area contributed by atoms with Crippen LogP contribution in [0.15, 0.2) is 38.7 Å². The molecule has 2 N–H and O–H groups in total. The molecule has 0 radical (unpaired) electrons. The zero-order valence-electron chi connectivity index (χ0n) is 11.6. The van der Waals surface area contributed by atoms with Crippen LogP contribution in [0.3, 0.4) is 0 Å². The topological polar surface area (TPSA) is 71.3 Å². The molecular formula is C14H15BrN2O3S2. The van der Waals surface area contributed by atoms with Gasteiger partial charge in [-0.3, -0.25) is 9.59 Å². The van der Waals surface area contributed by atoms with Gasteiger partial charge in [-0.25, -0.2) is 0 Å². The largest absolute Gasteiger partial charge is 0.459 e. The van der Waals surface area contributed by atoms with Gasteiger partial charge in [0.1, 0.15) is 0 Å². The van der Waals surface area contributed by atoms with E-state index in [1.54, 1.807) is 35.2 Å². The first-order valence-corrected chi connectivity index (χ1v) is 9.32. The molecule has 0 aliphatic carbocycles. The number of carbonyl (C=O) groups excluding carboxylic acids is 2. The van der Waals surface area contributed by atoms with Gasteiger partial charge in [0.15, 0.2) is 5.76 Å². The monoisotopic (exact) mass is 402 g/mol. The second-order valence-corrected chi connectivity index (χ2v) is 7.92. The zero-order chi connectivity index (χ0) is 15.8. The number of thiophene rings is 1. The Morgan fingerprint density at radius 1 is 1.27 bits per heavy atom. The molecule has 0 bridgehead atoms. The van der Waals surface area contributed by atoms with Crippen LogP contribution in [0.5, 0.6) is 0 Å². The van der Waals surface area contributed by atoms with Crippen molar-refractivity contribution in [1.29, 1.82) is 0 Å². The summed E-state index contributed by atoms with van der Waals surface area (Å²) < 4.78 is 6.06. The van der Waals surface area contributed by atoms with Crippen molar-refractivity contribution in [2.75, 3.05) is 18.8 Å². The lowest BCUT2D eigenvalue weighted by Crippen LogP contribution is -2.37. The first-order valence-electron chi connectivity index (χ1n) is 6.55. The van der Waals surface area contributed by atoms with Crippen LogP contribution in [0.2, 0.25) is 0 Å². The normalized spacial score (nSPS) is 10.4. The number of hydrogen-bond acceptors (Lipinski definition) is 5. The Hall–Kier alpha value is -1.25. The first-order chi connectivity index (χ1) is 10.6. The van der Waals surface area contributed by atoms with Crippen molar-refractivity contribution in [2.24, 2.45) is 0 Å². The standard InChI is InChI=1S/C14H15BrN2O3S2/c15-12-4-3-10(22-12)9-21-7-5-16-13(18)8-17-14(19)11-2-1-6-20-11/h1-4,6H,5,7-9H2,(H,16,18)(H,17,19). The average Bonchev–Trinajstić information content (AvgIpc) is 3.16. The Morgan fingerprint density at radius 2 is 2.14 bits per heavy atom. The quantitative estimate of drug-likeness (QED) is 0.665. The molecule has 2 heterocycles. The van der Waals surface area contributed by atoms with Crippen molar-refractivity contribution in [1.82, 2.24) is 10.6 Å². The van der Waals surface area contributed by atoms with E-state index in [1.165, 1.54) is 11.1 Å². The zero-order valence-corrected chi connectivity index (χ0v) is 14.9. The van der Waals surface area contributed by atoms with E-state index in [-0.39, 0.29) is 18.2 Å². The molecule has 0 aromatic carbocycles. The fraction of sp³-hybridized carbons (Fsp3) is 0.286. The number of amides is 2. The third-order valence-electron chi connectivity index (χ3n) is 2.60. The summed E-state index contributed by atoms with van der Waals surface area (Å²) in [4.78, 5) is 24.4. The third-order valence-corrected chi connectivity index (χ3v) is 5.41. The van der Waals surface area contributed by atoms with Gasteiger partial charge in [0, 0.05) is 22.9 Å². The minimum Gasteiger partial charge on any atom is -0.459 e. The predicted molar refractivity (Wildman–Crippen MR) is 92.2 cm³/mol. The van der Waals surface area contributed by atoms with E-state index in [0.717, 1.165) is 15.3 Å². The highest BCUT2D eigenvalue weighted by atomic mass is 79.9. The van der Waals surface area contributed by atoms with Crippen molar-refractivity contribution >= 4 is 50.8 Å². The predicted octanol–water partition coefficient (Wildman–Crippen LogP) is 2.88. The van der Waals surface area contributed by atoms with Crippen LogP contribution in [0.4, 0.5) is 0 Å². The summed E-state index contributed by atoms with van der Waals surface area (Å²) in [5, 5.41) is 5.26. The number of furan rings is 1. The van der Waals surface area contributed by atoms with Crippen molar-refractivity contribution in [3.63, 3.8) is 0 Å². The third kappa shape index (κ3) is 5.86. The average molecular weight is 403 g/mol. The fourth-order valence-corrected chi connectivity index (χ4v) is 4.04. The van der Waals surface area contributed by atoms with Gasteiger partial charge in [-0.15, -0.1) is 11.3 Å². The van der Waals surface area contributed by atoms with Crippen LogP contribution >= 0.6 is 39.0 Å². The maximum absolute atomic E-state index is 11.6. The number of rotatable bonds is 8. The van der Waals surface area contributed by atoms with Crippen molar-refractivity contribution in [3.8, 4) is 0 Å². The highest BCUT2D eigenvalue weighted by Gasteiger charge is 2.09. The minimum atomic E-state index is -0.391. The summed E-state index contributed by atoms with van der Waals surface area (Å²) in [5.41, 5.74) is 0. The molecule has 2 aromatic heterocycles. The molecule has 22 heavy (non-hydrogen) atoms. The Labute approximate surface area is 145 Å². The summed E-state index contributed by atoms with van der Waals surface area (Å²) in [7, 11) is 0. The van der Waals surface area contributed by atoms with Gasteiger partial charge in [0.2, 0.25) is 5.91 Å². The molecule has 8 heteroatoms. The summed E-state index contributed by atoms with van der Waals surface area (Å²) in [6, 6.07) is 7.29. The number of thioether (sulfide) groups is 1. The molecule has 2 rings (SSSR count). The Balaban J connectivity index is 1.53. The van der Waals surface area contributed by atoms with Crippen LogP contribution in [0.25, 0.3) is 0 Å². The van der Waals surface area contributed by atoms with Gasteiger partial charge in [-0.2, -0.15) is 11.8 Å². The SMILES string of the molecule is O=C(CNC(=O)c1ccco1)NCCSCc1ccc(Br)s1. The molecule has 0 atom stereocenters. The lowest BCUT2D eigenvalue weighted by Gasteiger charge is -2.05. The number of carbonyl (C=O) groups is 2.